The molecule has 0 atom stereocenters. The van der Waals surface area contributed by atoms with Gasteiger partial charge in [-0.15, -0.1) is 16.6 Å². The Labute approximate surface area is 145 Å². The molecule has 124 valence electrons. The van der Waals surface area contributed by atoms with Crippen molar-refractivity contribution in [2.24, 2.45) is 5.73 Å². The molecule has 1 aliphatic carbocycles. The molecule has 3 aromatic rings. The van der Waals surface area contributed by atoms with Crippen LogP contribution in [0.3, 0.4) is 0 Å². The Hall–Kier alpha value is -3.10. The lowest BCUT2D eigenvalue weighted by Crippen LogP contribution is -2.44. The highest BCUT2D eigenvalue weighted by molar-refractivity contribution is 6.00. The van der Waals surface area contributed by atoms with Crippen molar-refractivity contribution in [3.05, 3.63) is 48.0 Å². The van der Waals surface area contributed by atoms with Crippen LogP contribution >= 0.6 is 0 Å². The van der Waals surface area contributed by atoms with Gasteiger partial charge in [-0.1, -0.05) is 30.2 Å². The summed E-state index contributed by atoms with van der Waals surface area (Å²) in [5.74, 6) is 3.36. The predicted octanol–water partition coefficient (Wildman–Crippen LogP) is 2.89. The van der Waals surface area contributed by atoms with E-state index in [1.165, 1.54) is 0 Å². The third-order valence-corrected chi connectivity index (χ3v) is 4.62. The average molecular weight is 330 g/mol. The zero-order valence-electron chi connectivity index (χ0n) is 13.6. The summed E-state index contributed by atoms with van der Waals surface area (Å²) in [7, 11) is 0. The number of nitrogens with zero attached hydrogens (tertiary/aromatic N) is 2. The molecule has 0 radical (unpaired) electrons. The molecule has 0 unspecified atom stereocenters. The molecule has 0 spiro atoms. The summed E-state index contributed by atoms with van der Waals surface area (Å²) >= 11 is 0. The molecule has 2 aromatic carbocycles. The van der Waals surface area contributed by atoms with Crippen LogP contribution in [0.1, 0.15) is 18.4 Å². The van der Waals surface area contributed by atoms with Crippen LogP contribution in [0.2, 0.25) is 0 Å². The monoisotopic (exact) mass is 330 g/mol. The lowest BCUT2D eigenvalue weighted by atomic mass is 9.87. The number of hydrogen-bond acceptors (Lipinski definition) is 5. The topological polar surface area (TPSA) is 84.1 Å². The highest BCUT2D eigenvalue weighted by Gasteiger charge is 2.26. The van der Waals surface area contributed by atoms with Crippen molar-refractivity contribution in [1.29, 1.82) is 0 Å². The summed E-state index contributed by atoms with van der Waals surface area (Å²) < 4.78 is 0. The molecule has 4 N–H and O–H groups in total. The van der Waals surface area contributed by atoms with E-state index in [4.69, 9.17) is 12.2 Å². The van der Waals surface area contributed by atoms with Gasteiger partial charge in [0.05, 0.1) is 0 Å². The molecule has 1 saturated carbocycles. The van der Waals surface area contributed by atoms with Crippen molar-refractivity contribution in [2.45, 2.75) is 24.9 Å². The number of phenols is 1. The molecule has 0 bridgehead atoms. The largest absolute Gasteiger partial charge is 0.507 e. The van der Waals surface area contributed by atoms with E-state index in [0.717, 1.165) is 29.4 Å². The molecule has 5 nitrogen and oxygen atoms in total. The first-order chi connectivity index (χ1) is 12.2. The fourth-order valence-electron chi connectivity index (χ4n) is 3.20. The zero-order chi connectivity index (χ0) is 17.4. The minimum atomic E-state index is 0.0978. The number of fused-ring (bicyclic) bond motifs is 1. The number of hydrogen-bond donors (Lipinski definition) is 3. The van der Waals surface area contributed by atoms with Crippen molar-refractivity contribution in [1.82, 2.24) is 10.2 Å². The molecular weight excluding hydrogens is 312 g/mol. The minimum Gasteiger partial charge on any atom is -0.507 e. The Morgan fingerprint density at radius 2 is 1.88 bits per heavy atom. The lowest BCUT2D eigenvalue weighted by molar-refractivity contribution is 0.373. The van der Waals surface area contributed by atoms with E-state index >= 15 is 0 Å². The first-order valence-corrected chi connectivity index (χ1v) is 8.23. The molecule has 5 heteroatoms. The second-order valence-corrected chi connectivity index (χ2v) is 6.39. The van der Waals surface area contributed by atoms with Crippen LogP contribution in [-0.4, -0.2) is 27.4 Å². The van der Waals surface area contributed by atoms with E-state index in [1.807, 2.05) is 24.3 Å². The van der Waals surface area contributed by atoms with Gasteiger partial charge in [0, 0.05) is 34.0 Å². The summed E-state index contributed by atoms with van der Waals surface area (Å²) in [6.45, 7) is 0. The number of benzene rings is 2. The van der Waals surface area contributed by atoms with Gasteiger partial charge in [0.15, 0.2) is 5.82 Å². The van der Waals surface area contributed by atoms with Crippen LogP contribution in [0.25, 0.3) is 22.0 Å². The summed E-state index contributed by atoms with van der Waals surface area (Å²) in [6, 6.07) is 13.6. The molecule has 0 amide bonds. The van der Waals surface area contributed by atoms with E-state index in [2.05, 4.69) is 21.4 Å². The number of rotatable bonds is 3. The van der Waals surface area contributed by atoms with Crippen molar-refractivity contribution in [3.63, 3.8) is 0 Å². The minimum absolute atomic E-state index is 0.0978. The Morgan fingerprint density at radius 1 is 1.12 bits per heavy atom. The SMILES string of the molecule is C#Cc1ccc(-c2nnc(NC3CC(N)C3)c3ccccc23)c(O)c1. The smallest absolute Gasteiger partial charge is 0.156 e. The van der Waals surface area contributed by atoms with E-state index in [1.54, 1.807) is 18.2 Å². The molecule has 1 aromatic heterocycles. The maximum Gasteiger partial charge on any atom is 0.156 e. The molecule has 0 aliphatic heterocycles. The van der Waals surface area contributed by atoms with Crippen molar-refractivity contribution in [3.8, 4) is 29.4 Å². The molecule has 0 saturated heterocycles. The maximum atomic E-state index is 10.3. The molecule has 1 fully saturated rings. The van der Waals surface area contributed by atoms with E-state index < -0.39 is 0 Å². The molecule has 1 aliphatic rings. The van der Waals surface area contributed by atoms with Gasteiger partial charge in [-0.25, -0.2) is 0 Å². The van der Waals surface area contributed by atoms with Crippen LogP contribution in [-0.2, 0) is 0 Å². The van der Waals surface area contributed by atoms with Crippen LogP contribution in [0, 0.1) is 12.3 Å². The Kier molecular flexibility index (Phi) is 3.75. The second-order valence-electron chi connectivity index (χ2n) is 6.39. The first kappa shape index (κ1) is 15.4. The van der Waals surface area contributed by atoms with Gasteiger partial charge in [-0.05, 0) is 31.0 Å². The average Bonchev–Trinajstić information content (AvgIpc) is 2.61. The van der Waals surface area contributed by atoms with E-state index in [0.29, 0.717) is 22.9 Å². The van der Waals surface area contributed by atoms with Crippen molar-refractivity contribution >= 4 is 16.6 Å². The van der Waals surface area contributed by atoms with Gasteiger partial charge in [0.1, 0.15) is 11.4 Å². The van der Waals surface area contributed by atoms with E-state index in [9.17, 15) is 5.11 Å². The van der Waals surface area contributed by atoms with Crippen LogP contribution in [0.15, 0.2) is 42.5 Å². The number of anilines is 1. The van der Waals surface area contributed by atoms with Crippen LogP contribution in [0.4, 0.5) is 5.82 Å². The third kappa shape index (κ3) is 2.77. The number of nitrogens with two attached hydrogens (primary N) is 1. The summed E-state index contributed by atoms with van der Waals surface area (Å²) in [5, 5.41) is 24.4. The number of aromatic nitrogens is 2. The summed E-state index contributed by atoms with van der Waals surface area (Å²) in [4.78, 5) is 0. The first-order valence-electron chi connectivity index (χ1n) is 8.23. The third-order valence-electron chi connectivity index (χ3n) is 4.62. The number of terminal acetylenes is 1. The Bertz CT molecular complexity index is 987. The number of nitrogens with one attached hydrogen (secondary N) is 1. The van der Waals surface area contributed by atoms with Crippen molar-refractivity contribution in [2.75, 3.05) is 5.32 Å². The summed E-state index contributed by atoms with van der Waals surface area (Å²) in [6.07, 6.45) is 7.26. The predicted molar refractivity (Wildman–Crippen MR) is 99.2 cm³/mol. The molecule has 25 heavy (non-hydrogen) atoms. The van der Waals surface area contributed by atoms with Gasteiger partial charge >= 0.3 is 0 Å². The molecular formula is C20H18N4O. The Balaban J connectivity index is 1.80. The highest BCUT2D eigenvalue weighted by atomic mass is 16.3. The lowest BCUT2D eigenvalue weighted by Gasteiger charge is -2.33. The van der Waals surface area contributed by atoms with Gasteiger partial charge < -0.3 is 16.2 Å². The zero-order valence-corrected chi connectivity index (χ0v) is 13.6. The normalized spacial score (nSPS) is 19.2. The standard InChI is InChI=1S/C20H18N4O/c1-2-12-7-8-17(18(25)9-12)19-15-5-3-4-6-16(15)20(24-23-19)22-14-10-13(21)11-14/h1,3-9,13-14,25H,10-11,21H2,(H,22,24). The fourth-order valence-corrected chi connectivity index (χ4v) is 3.20. The molecule has 4 rings (SSSR count). The maximum absolute atomic E-state index is 10.3. The Morgan fingerprint density at radius 3 is 2.56 bits per heavy atom. The number of aromatic hydroxyl groups is 1. The highest BCUT2D eigenvalue weighted by Crippen LogP contribution is 2.35. The fraction of sp³-hybridized carbons (Fsp3) is 0.200. The van der Waals surface area contributed by atoms with Gasteiger partial charge in [0.25, 0.3) is 0 Å². The van der Waals surface area contributed by atoms with Crippen LogP contribution in [0.5, 0.6) is 5.75 Å². The van der Waals surface area contributed by atoms with Gasteiger partial charge in [0.2, 0.25) is 0 Å². The van der Waals surface area contributed by atoms with Gasteiger partial charge in [-0.2, -0.15) is 0 Å². The van der Waals surface area contributed by atoms with Gasteiger partial charge in [-0.3, -0.25) is 0 Å². The molecule has 1 heterocycles. The number of phenolic OH excluding ortho intramolecular Hbond substituents is 1. The van der Waals surface area contributed by atoms with E-state index in [-0.39, 0.29) is 11.8 Å². The summed E-state index contributed by atoms with van der Waals surface area (Å²) in [5.41, 5.74) is 7.72. The van der Waals surface area contributed by atoms with Crippen molar-refractivity contribution < 1.29 is 5.11 Å². The second kappa shape index (κ2) is 6.08. The quantitative estimate of drug-likeness (QED) is 0.643. The van der Waals surface area contributed by atoms with Crippen LogP contribution < -0.4 is 11.1 Å².